The number of hydrogen-bond donors (Lipinski definition) is 1. The highest BCUT2D eigenvalue weighted by atomic mass is 35.5. The minimum Gasteiger partial charge on any atom is -0.383 e. The molecule has 0 saturated carbocycles. The van der Waals surface area contributed by atoms with Crippen molar-refractivity contribution in [3.05, 3.63) is 58.0 Å². The molecule has 0 radical (unpaired) electrons. The molecule has 0 atom stereocenters. The molecule has 0 aliphatic carbocycles. The molecule has 0 unspecified atom stereocenters. The molecule has 0 fully saturated rings. The van der Waals surface area contributed by atoms with Gasteiger partial charge in [0.2, 0.25) is 5.91 Å². The second kappa shape index (κ2) is 8.98. The van der Waals surface area contributed by atoms with E-state index < -0.39 is 0 Å². The number of ether oxygens (including phenoxy) is 1. The van der Waals surface area contributed by atoms with Crippen LogP contribution in [0.1, 0.15) is 0 Å². The van der Waals surface area contributed by atoms with Gasteiger partial charge in [0.05, 0.1) is 24.3 Å². The number of fused-ring (bicyclic) bond motifs is 1. The van der Waals surface area contributed by atoms with Crippen LogP contribution in [0.4, 0.5) is 5.69 Å². The zero-order valence-electron chi connectivity index (χ0n) is 14.5. The molecule has 27 heavy (non-hydrogen) atoms. The number of pyridine rings is 1. The van der Waals surface area contributed by atoms with Gasteiger partial charge in [-0.2, -0.15) is 0 Å². The van der Waals surface area contributed by atoms with E-state index in [1.807, 2.05) is 0 Å². The standard InChI is InChI=1S/C18H17ClN4O3S/c1-26-9-8-23-17(25)14-6-3-7-20-16(14)22-18(23)27-11-15(24)21-13-5-2-4-12(19)10-13/h2-7,10H,8-9,11H2,1H3,(H,21,24). The molecule has 0 spiro atoms. The maximum atomic E-state index is 12.7. The lowest BCUT2D eigenvalue weighted by atomic mass is 10.3. The van der Waals surface area contributed by atoms with Crippen molar-refractivity contribution < 1.29 is 9.53 Å². The fourth-order valence-electron chi connectivity index (χ4n) is 2.42. The van der Waals surface area contributed by atoms with Gasteiger partial charge in [-0.1, -0.05) is 29.4 Å². The lowest BCUT2D eigenvalue weighted by Gasteiger charge is -2.12. The first-order valence-electron chi connectivity index (χ1n) is 8.11. The van der Waals surface area contributed by atoms with E-state index in [1.165, 1.54) is 16.3 Å². The lowest BCUT2D eigenvalue weighted by Crippen LogP contribution is -2.26. The Labute approximate surface area is 164 Å². The van der Waals surface area contributed by atoms with Gasteiger partial charge in [-0.3, -0.25) is 14.2 Å². The quantitative estimate of drug-likeness (QED) is 0.481. The molecule has 0 aliphatic rings. The van der Waals surface area contributed by atoms with Gasteiger partial charge < -0.3 is 10.1 Å². The Hall–Kier alpha value is -2.42. The Bertz CT molecular complexity index is 1020. The molecular weight excluding hydrogens is 388 g/mol. The molecule has 1 amide bonds. The summed E-state index contributed by atoms with van der Waals surface area (Å²) in [6.45, 7) is 0.695. The molecule has 0 aliphatic heterocycles. The van der Waals surface area contributed by atoms with Crippen molar-refractivity contribution in [2.75, 3.05) is 24.8 Å². The number of nitrogens with zero attached hydrogens (tertiary/aromatic N) is 3. The Balaban J connectivity index is 1.80. The van der Waals surface area contributed by atoms with E-state index >= 15 is 0 Å². The van der Waals surface area contributed by atoms with Crippen LogP contribution in [0, 0.1) is 0 Å². The smallest absolute Gasteiger partial charge is 0.263 e. The highest BCUT2D eigenvalue weighted by molar-refractivity contribution is 7.99. The van der Waals surface area contributed by atoms with Gasteiger partial charge in [0, 0.05) is 24.0 Å². The highest BCUT2D eigenvalue weighted by Gasteiger charge is 2.14. The van der Waals surface area contributed by atoms with E-state index in [0.29, 0.717) is 40.1 Å². The van der Waals surface area contributed by atoms with E-state index in [1.54, 1.807) is 49.7 Å². The van der Waals surface area contributed by atoms with Crippen LogP contribution < -0.4 is 10.9 Å². The van der Waals surface area contributed by atoms with Crippen molar-refractivity contribution in [2.24, 2.45) is 0 Å². The SMILES string of the molecule is COCCn1c(SCC(=O)Nc2cccc(Cl)c2)nc2ncccc2c1=O. The van der Waals surface area contributed by atoms with Crippen LogP contribution in [0.2, 0.25) is 5.02 Å². The van der Waals surface area contributed by atoms with Crippen LogP contribution in [0.15, 0.2) is 52.5 Å². The Morgan fingerprint density at radius 3 is 2.96 bits per heavy atom. The number of aromatic nitrogens is 3. The summed E-state index contributed by atoms with van der Waals surface area (Å²) in [4.78, 5) is 33.6. The minimum absolute atomic E-state index is 0.0876. The van der Waals surface area contributed by atoms with Crippen molar-refractivity contribution in [3.8, 4) is 0 Å². The third-order valence-corrected chi connectivity index (χ3v) is 4.87. The lowest BCUT2D eigenvalue weighted by molar-refractivity contribution is -0.113. The number of amides is 1. The molecule has 9 heteroatoms. The van der Waals surface area contributed by atoms with Crippen LogP contribution in [0.25, 0.3) is 11.0 Å². The predicted octanol–water partition coefficient (Wildman–Crippen LogP) is 2.82. The van der Waals surface area contributed by atoms with Crippen LogP contribution in [0.3, 0.4) is 0 Å². The summed E-state index contributed by atoms with van der Waals surface area (Å²) in [6, 6.07) is 10.3. The average Bonchev–Trinajstić information content (AvgIpc) is 2.66. The van der Waals surface area contributed by atoms with Gasteiger partial charge in [-0.15, -0.1) is 0 Å². The molecule has 0 saturated heterocycles. The number of benzene rings is 1. The van der Waals surface area contributed by atoms with Crippen LogP contribution >= 0.6 is 23.4 Å². The maximum Gasteiger partial charge on any atom is 0.263 e. The summed E-state index contributed by atoms with van der Waals surface area (Å²) in [6.07, 6.45) is 1.58. The first kappa shape index (κ1) is 19.3. The highest BCUT2D eigenvalue weighted by Crippen LogP contribution is 2.19. The summed E-state index contributed by atoms with van der Waals surface area (Å²) in [5, 5.41) is 4.16. The van der Waals surface area contributed by atoms with Gasteiger partial charge in [-0.05, 0) is 30.3 Å². The second-order valence-corrected chi connectivity index (χ2v) is 6.94. The summed E-state index contributed by atoms with van der Waals surface area (Å²) in [7, 11) is 1.56. The number of rotatable bonds is 7. The maximum absolute atomic E-state index is 12.7. The van der Waals surface area contributed by atoms with E-state index in [9.17, 15) is 9.59 Å². The van der Waals surface area contributed by atoms with Gasteiger partial charge in [0.15, 0.2) is 10.8 Å². The summed E-state index contributed by atoms with van der Waals surface area (Å²) in [5.41, 5.74) is 0.759. The van der Waals surface area contributed by atoms with Crippen LogP contribution in [0.5, 0.6) is 0 Å². The number of methoxy groups -OCH3 is 1. The summed E-state index contributed by atoms with van der Waals surface area (Å²) < 4.78 is 6.58. The number of nitrogens with one attached hydrogen (secondary N) is 1. The predicted molar refractivity (Wildman–Crippen MR) is 106 cm³/mol. The van der Waals surface area contributed by atoms with E-state index in [2.05, 4.69) is 15.3 Å². The zero-order chi connectivity index (χ0) is 19.2. The monoisotopic (exact) mass is 404 g/mol. The molecule has 1 aromatic carbocycles. The van der Waals surface area contributed by atoms with E-state index in [-0.39, 0.29) is 17.2 Å². The molecule has 2 heterocycles. The zero-order valence-corrected chi connectivity index (χ0v) is 16.1. The first-order chi connectivity index (χ1) is 13.1. The third kappa shape index (κ3) is 4.85. The molecule has 0 bridgehead atoms. The van der Waals surface area contributed by atoms with Crippen LogP contribution in [-0.4, -0.2) is 39.9 Å². The fraction of sp³-hybridized carbons (Fsp3) is 0.222. The van der Waals surface area contributed by atoms with E-state index in [4.69, 9.17) is 16.3 Å². The molecule has 1 N–H and O–H groups in total. The molecule has 2 aromatic heterocycles. The second-order valence-electron chi connectivity index (χ2n) is 5.57. The minimum atomic E-state index is -0.226. The number of carbonyl (C=O) groups is 1. The average molecular weight is 405 g/mol. The Morgan fingerprint density at radius 2 is 2.19 bits per heavy atom. The number of anilines is 1. The van der Waals surface area contributed by atoms with Crippen LogP contribution in [-0.2, 0) is 16.1 Å². The van der Waals surface area contributed by atoms with Crippen molar-refractivity contribution in [3.63, 3.8) is 0 Å². The fourth-order valence-corrected chi connectivity index (χ4v) is 3.42. The number of thioether (sulfide) groups is 1. The first-order valence-corrected chi connectivity index (χ1v) is 9.47. The van der Waals surface area contributed by atoms with Crippen molar-refractivity contribution >= 4 is 46.0 Å². The largest absolute Gasteiger partial charge is 0.383 e. The molecular formula is C18H17ClN4O3S. The Kier molecular flexibility index (Phi) is 6.44. The number of carbonyl (C=O) groups excluding carboxylic acids is 1. The van der Waals surface area contributed by atoms with Crippen molar-refractivity contribution in [1.82, 2.24) is 14.5 Å². The van der Waals surface area contributed by atoms with E-state index in [0.717, 1.165) is 0 Å². The topological polar surface area (TPSA) is 86.1 Å². The normalized spacial score (nSPS) is 10.9. The summed E-state index contributed by atoms with van der Waals surface area (Å²) >= 11 is 7.09. The van der Waals surface area contributed by atoms with Gasteiger partial charge in [-0.25, -0.2) is 9.97 Å². The molecule has 3 rings (SSSR count). The number of halogens is 1. The molecule has 3 aromatic rings. The van der Waals surface area contributed by atoms with Crippen molar-refractivity contribution in [1.29, 1.82) is 0 Å². The van der Waals surface area contributed by atoms with Gasteiger partial charge in [0.1, 0.15) is 0 Å². The van der Waals surface area contributed by atoms with Gasteiger partial charge >= 0.3 is 0 Å². The molecule has 140 valence electrons. The third-order valence-electron chi connectivity index (χ3n) is 3.65. The van der Waals surface area contributed by atoms with Gasteiger partial charge in [0.25, 0.3) is 5.56 Å². The Morgan fingerprint density at radius 1 is 1.33 bits per heavy atom. The van der Waals surface area contributed by atoms with Crippen molar-refractivity contribution in [2.45, 2.75) is 11.7 Å². The number of hydrogen-bond acceptors (Lipinski definition) is 6. The summed E-state index contributed by atoms with van der Waals surface area (Å²) in [5.74, 6) is -0.138. The molecule has 7 nitrogen and oxygen atoms in total.